The zero-order valence-electron chi connectivity index (χ0n) is 11.0. The van der Waals surface area contributed by atoms with Gasteiger partial charge in [0.15, 0.2) is 0 Å². The van der Waals surface area contributed by atoms with E-state index in [0.717, 1.165) is 33.3 Å². The maximum absolute atomic E-state index is 12.5. The van der Waals surface area contributed by atoms with Gasteiger partial charge >= 0.3 is 6.18 Å². The van der Waals surface area contributed by atoms with E-state index in [0.29, 0.717) is 6.42 Å². The number of hydrogen-bond acceptors (Lipinski definition) is 2. The monoisotopic (exact) mass is 363 g/mol. The third-order valence-electron chi connectivity index (χ3n) is 2.92. The average molecular weight is 364 g/mol. The summed E-state index contributed by atoms with van der Waals surface area (Å²) in [5.41, 5.74) is 1.23. The van der Waals surface area contributed by atoms with E-state index < -0.39 is 11.7 Å². The number of rotatable bonds is 3. The zero-order chi connectivity index (χ0) is 14.9. The zero-order valence-corrected chi connectivity index (χ0v) is 13.4. The molecule has 0 amide bonds. The van der Waals surface area contributed by atoms with Gasteiger partial charge in [0.25, 0.3) is 0 Å². The highest BCUT2D eigenvalue weighted by atomic mass is 79.9. The van der Waals surface area contributed by atoms with E-state index in [4.69, 9.17) is 0 Å². The Kier molecular flexibility index (Phi) is 4.54. The number of aromatic nitrogens is 1. The molecule has 0 fully saturated rings. The van der Waals surface area contributed by atoms with Crippen LogP contribution in [-0.4, -0.2) is 4.98 Å². The fourth-order valence-corrected chi connectivity index (χ4v) is 3.86. The minimum absolute atomic E-state index is 0.0745. The first kappa shape index (κ1) is 15.5. The van der Waals surface area contributed by atoms with Crippen molar-refractivity contribution >= 4 is 27.3 Å². The molecule has 2 aromatic rings. The van der Waals surface area contributed by atoms with Crippen LogP contribution in [0.5, 0.6) is 0 Å². The summed E-state index contributed by atoms with van der Waals surface area (Å²) in [5.74, 6) is 0. The molecule has 0 bridgehead atoms. The maximum Gasteiger partial charge on any atom is 0.416 e. The van der Waals surface area contributed by atoms with Crippen molar-refractivity contribution < 1.29 is 13.2 Å². The number of nitrogens with zero attached hydrogens (tertiary/aromatic N) is 1. The molecule has 6 heteroatoms. The van der Waals surface area contributed by atoms with Gasteiger partial charge in [-0.15, -0.1) is 11.3 Å². The highest BCUT2D eigenvalue weighted by Crippen LogP contribution is 2.34. The van der Waals surface area contributed by atoms with Crippen LogP contribution in [0.1, 0.15) is 31.5 Å². The van der Waals surface area contributed by atoms with Gasteiger partial charge in [0, 0.05) is 4.88 Å². The van der Waals surface area contributed by atoms with Crippen LogP contribution in [0.15, 0.2) is 24.3 Å². The summed E-state index contributed by atoms with van der Waals surface area (Å²) in [4.78, 5) is 5.56. The fourth-order valence-electron chi connectivity index (χ4n) is 1.97. The third kappa shape index (κ3) is 3.61. The van der Waals surface area contributed by atoms with Gasteiger partial charge in [-0.25, -0.2) is 4.98 Å². The van der Waals surface area contributed by atoms with E-state index in [1.54, 1.807) is 11.3 Å². The second-order valence-electron chi connectivity index (χ2n) is 4.55. The average Bonchev–Trinajstić information content (AvgIpc) is 2.68. The highest BCUT2D eigenvalue weighted by Gasteiger charge is 2.30. The van der Waals surface area contributed by atoms with Crippen molar-refractivity contribution in [1.82, 2.24) is 4.98 Å². The Balaban J connectivity index is 2.12. The molecule has 1 aromatic carbocycles. The summed E-state index contributed by atoms with van der Waals surface area (Å²) in [7, 11) is 0. The quantitative estimate of drug-likeness (QED) is 0.660. The van der Waals surface area contributed by atoms with Crippen molar-refractivity contribution in [3.8, 4) is 0 Å². The molecule has 0 spiro atoms. The predicted octanol–water partition coefficient (Wildman–Crippen LogP) is 5.46. The van der Waals surface area contributed by atoms with E-state index in [1.165, 1.54) is 12.1 Å². The van der Waals surface area contributed by atoms with Crippen LogP contribution >= 0.6 is 27.3 Å². The van der Waals surface area contributed by atoms with Crippen molar-refractivity contribution in [2.75, 3.05) is 0 Å². The van der Waals surface area contributed by atoms with E-state index in [9.17, 15) is 13.2 Å². The molecule has 1 aromatic heterocycles. The van der Waals surface area contributed by atoms with Gasteiger partial charge in [-0.1, -0.05) is 28.1 Å². The van der Waals surface area contributed by atoms with E-state index >= 15 is 0 Å². The van der Waals surface area contributed by atoms with Crippen LogP contribution in [0, 0.1) is 13.8 Å². The van der Waals surface area contributed by atoms with Crippen LogP contribution in [0.4, 0.5) is 13.2 Å². The summed E-state index contributed by atoms with van der Waals surface area (Å²) in [6.07, 6.45) is -3.64. The Bertz CT molecular complexity index is 589. The fraction of sp³-hybridized carbons (Fsp3) is 0.357. The molecule has 108 valence electrons. The molecule has 0 N–H and O–H groups in total. The summed E-state index contributed by atoms with van der Waals surface area (Å²) < 4.78 is 37.5. The number of benzene rings is 1. The van der Waals surface area contributed by atoms with Gasteiger partial charge < -0.3 is 0 Å². The molecule has 1 nitrogen and oxygen atoms in total. The Hall–Kier alpha value is -0.880. The first-order valence-electron chi connectivity index (χ1n) is 6.01. The first-order chi connectivity index (χ1) is 9.27. The molecule has 1 heterocycles. The second kappa shape index (κ2) is 5.85. The first-order valence-corrected chi connectivity index (χ1v) is 7.74. The Morgan fingerprint density at radius 1 is 1.20 bits per heavy atom. The van der Waals surface area contributed by atoms with Crippen LogP contribution in [0.25, 0.3) is 0 Å². The minimum Gasteiger partial charge on any atom is -0.247 e. The maximum atomic E-state index is 12.5. The Morgan fingerprint density at radius 3 is 2.25 bits per heavy atom. The van der Waals surface area contributed by atoms with E-state index in [1.807, 2.05) is 13.8 Å². The van der Waals surface area contributed by atoms with Gasteiger partial charge in [-0.3, -0.25) is 0 Å². The number of aryl methyl sites for hydroxylation is 2. The van der Waals surface area contributed by atoms with Crippen LogP contribution in [0.3, 0.4) is 0 Å². The molecule has 1 unspecified atom stereocenters. The molecule has 0 aliphatic carbocycles. The van der Waals surface area contributed by atoms with Gasteiger partial charge in [0.1, 0.15) is 0 Å². The third-order valence-corrected chi connectivity index (χ3v) is 5.19. The number of alkyl halides is 4. The molecule has 0 saturated carbocycles. The van der Waals surface area contributed by atoms with Gasteiger partial charge in [-0.05, 0) is 38.0 Å². The summed E-state index contributed by atoms with van der Waals surface area (Å²) in [6.45, 7) is 3.89. The molecular formula is C14H13BrF3NS. The number of hydrogen-bond donors (Lipinski definition) is 0. The second-order valence-corrected chi connectivity index (χ2v) is 6.89. The largest absolute Gasteiger partial charge is 0.416 e. The SMILES string of the molecule is Cc1nc(C)c(C(Br)Cc2ccc(C(F)(F)F)cc2)s1. The predicted molar refractivity (Wildman–Crippen MR) is 78.4 cm³/mol. The van der Waals surface area contributed by atoms with E-state index in [2.05, 4.69) is 20.9 Å². The molecular weight excluding hydrogens is 351 g/mol. The van der Waals surface area contributed by atoms with Crippen LogP contribution in [-0.2, 0) is 12.6 Å². The summed E-state index contributed by atoms with van der Waals surface area (Å²) >= 11 is 5.20. The lowest BCUT2D eigenvalue weighted by atomic mass is 10.1. The summed E-state index contributed by atoms with van der Waals surface area (Å²) in [6, 6.07) is 5.31. The van der Waals surface area contributed by atoms with Crippen LogP contribution in [0.2, 0.25) is 0 Å². The molecule has 0 radical (unpaired) electrons. The number of halogens is 4. The standard InChI is InChI=1S/C14H13BrF3NS/c1-8-13(20-9(2)19-8)12(15)7-10-3-5-11(6-4-10)14(16,17)18/h3-6,12H,7H2,1-2H3. The minimum atomic E-state index is -4.28. The van der Waals surface area contributed by atoms with Crippen molar-refractivity contribution in [2.45, 2.75) is 31.3 Å². The molecule has 20 heavy (non-hydrogen) atoms. The summed E-state index contributed by atoms with van der Waals surface area (Å²) in [5, 5.41) is 0.995. The topological polar surface area (TPSA) is 12.9 Å². The highest BCUT2D eigenvalue weighted by molar-refractivity contribution is 9.09. The molecule has 0 aliphatic rings. The van der Waals surface area contributed by atoms with Crippen molar-refractivity contribution in [3.63, 3.8) is 0 Å². The molecule has 1 atom stereocenters. The Labute approximate surface area is 128 Å². The van der Waals surface area contributed by atoms with Gasteiger partial charge in [0.2, 0.25) is 0 Å². The number of thiazole rings is 1. The molecule has 0 aliphatic heterocycles. The van der Waals surface area contributed by atoms with Crippen LogP contribution < -0.4 is 0 Å². The lowest BCUT2D eigenvalue weighted by Gasteiger charge is -2.10. The Morgan fingerprint density at radius 2 is 1.80 bits per heavy atom. The molecule has 2 rings (SSSR count). The van der Waals surface area contributed by atoms with Gasteiger partial charge in [0.05, 0.1) is 21.1 Å². The van der Waals surface area contributed by atoms with Crippen molar-refractivity contribution in [2.24, 2.45) is 0 Å². The van der Waals surface area contributed by atoms with Crippen molar-refractivity contribution in [3.05, 3.63) is 51.0 Å². The van der Waals surface area contributed by atoms with E-state index in [-0.39, 0.29) is 4.83 Å². The lowest BCUT2D eigenvalue weighted by molar-refractivity contribution is -0.137. The normalized spacial score (nSPS) is 13.5. The smallest absolute Gasteiger partial charge is 0.247 e. The molecule has 0 saturated heterocycles. The van der Waals surface area contributed by atoms with Gasteiger partial charge in [-0.2, -0.15) is 13.2 Å². The lowest BCUT2D eigenvalue weighted by Crippen LogP contribution is -2.04. The van der Waals surface area contributed by atoms with Crippen molar-refractivity contribution in [1.29, 1.82) is 0 Å².